The third kappa shape index (κ3) is 10.9. The molecule has 0 radical (unpaired) electrons. The van der Waals surface area contributed by atoms with Crippen molar-refractivity contribution >= 4 is 0 Å². The van der Waals surface area contributed by atoms with Gasteiger partial charge in [-0.25, -0.2) is 0 Å². The highest BCUT2D eigenvalue weighted by molar-refractivity contribution is 5.47. The van der Waals surface area contributed by atoms with Crippen molar-refractivity contribution < 1.29 is 5.11 Å². The van der Waals surface area contributed by atoms with E-state index in [0.717, 1.165) is 49.7 Å². The van der Waals surface area contributed by atoms with Crippen molar-refractivity contribution in [1.29, 1.82) is 0 Å². The zero-order chi connectivity index (χ0) is 35.2. The molecule has 0 saturated heterocycles. The fraction of sp³-hybridized carbons (Fsp3) is 0.375. The van der Waals surface area contributed by atoms with Crippen LogP contribution in [0.1, 0.15) is 116 Å². The first-order valence-corrected chi connectivity index (χ1v) is 18.3. The molecule has 5 aromatic rings. The number of aryl methyl sites for hydroxylation is 3. The van der Waals surface area contributed by atoms with E-state index in [1.165, 1.54) is 56.5 Å². The molecule has 1 N–H and O–H groups in total. The lowest BCUT2D eigenvalue weighted by atomic mass is 9.83. The molecule has 256 valence electrons. The molecule has 0 aliphatic rings. The third-order valence-electron chi connectivity index (χ3n) is 9.69. The molecule has 0 aliphatic heterocycles. The van der Waals surface area contributed by atoms with Gasteiger partial charge in [0, 0.05) is 0 Å². The normalized spacial score (nSPS) is 12.7. The lowest BCUT2D eigenvalue weighted by Gasteiger charge is -2.23. The van der Waals surface area contributed by atoms with Crippen molar-refractivity contribution in [2.24, 2.45) is 11.3 Å². The average molecular weight is 651 g/mol. The maximum atomic E-state index is 10.9. The molecular formula is C48H58O. The minimum Gasteiger partial charge on any atom is -0.507 e. The Bertz CT molecular complexity index is 1780. The molecule has 1 heteroatoms. The van der Waals surface area contributed by atoms with E-state index >= 15 is 0 Å². The SMILES string of the molecule is Cc1cc(CCc2ccc(Cc3ccc(Cc4ccc(Cc5ccc(CC(C)CC(C)(C)C)cc5)cc4)cc3)cc2)c(O)c(C(C)(C)C)c1. The van der Waals surface area contributed by atoms with Crippen LogP contribution in [0.25, 0.3) is 0 Å². The van der Waals surface area contributed by atoms with E-state index in [4.69, 9.17) is 0 Å². The molecule has 5 rings (SSSR count). The first-order valence-electron chi connectivity index (χ1n) is 18.3. The zero-order valence-corrected chi connectivity index (χ0v) is 31.4. The molecule has 0 bridgehead atoms. The van der Waals surface area contributed by atoms with Gasteiger partial charge in [0.1, 0.15) is 5.75 Å². The quantitative estimate of drug-likeness (QED) is 0.142. The van der Waals surface area contributed by atoms with E-state index in [1.54, 1.807) is 0 Å². The molecule has 1 nitrogen and oxygen atoms in total. The number of hydrogen-bond acceptors (Lipinski definition) is 1. The van der Waals surface area contributed by atoms with Crippen molar-refractivity contribution in [3.8, 4) is 5.75 Å². The van der Waals surface area contributed by atoms with E-state index < -0.39 is 0 Å². The number of rotatable bonds is 12. The van der Waals surface area contributed by atoms with Crippen molar-refractivity contribution in [2.75, 3.05) is 0 Å². The standard InChI is InChI=1S/C48H58O/c1-34-28-44(46(49)45(29-34)48(6,7)8)26-25-36-9-11-38(12-10-36)30-40-17-19-42(20-18-40)32-43-23-21-41(22-24-43)31-39-15-13-37(14-16-39)27-35(2)33-47(3,4)5/h9-24,28-29,35,49H,25-27,30-33H2,1-8H3. The van der Waals surface area contributed by atoms with Crippen molar-refractivity contribution in [3.63, 3.8) is 0 Å². The smallest absolute Gasteiger partial charge is 0.122 e. The first kappa shape index (κ1) is 36.2. The van der Waals surface area contributed by atoms with E-state index in [1.807, 2.05) is 0 Å². The summed E-state index contributed by atoms with van der Waals surface area (Å²) < 4.78 is 0. The summed E-state index contributed by atoms with van der Waals surface area (Å²) in [5, 5.41) is 10.9. The average Bonchev–Trinajstić information content (AvgIpc) is 3.03. The third-order valence-corrected chi connectivity index (χ3v) is 9.69. The highest BCUT2D eigenvalue weighted by Gasteiger charge is 2.21. The Morgan fingerprint density at radius 1 is 0.510 bits per heavy atom. The van der Waals surface area contributed by atoms with Crippen LogP contribution >= 0.6 is 0 Å². The number of phenols is 1. The molecule has 0 aromatic heterocycles. The minimum atomic E-state index is -0.0742. The summed E-state index contributed by atoms with van der Waals surface area (Å²) in [5.74, 6) is 1.16. The topological polar surface area (TPSA) is 20.2 Å². The van der Waals surface area contributed by atoms with Crippen LogP contribution in [0.3, 0.4) is 0 Å². The van der Waals surface area contributed by atoms with Crippen molar-refractivity contribution in [2.45, 2.75) is 106 Å². The fourth-order valence-corrected chi connectivity index (χ4v) is 7.29. The molecule has 0 saturated carbocycles. The van der Waals surface area contributed by atoms with Gasteiger partial charge in [0.05, 0.1) is 0 Å². The van der Waals surface area contributed by atoms with E-state index in [2.05, 4.69) is 165 Å². The monoisotopic (exact) mass is 650 g/mol. The van der Waals surface area contributed by atoms with Crippen LogP contribution in [-0.2, 0) is 43.9 Å². The molecule has 1 unspecified atom stereocenters. The summed E-state index contributed by atoms with van der Waals surface area (Å²) >= 11 is 0. The van der Waals surface area contributed by atoms with Crippen LogP contribution < -0.4 is 0 Å². The van der Waals surface area contributed by atoms with Gasteiger partial charge in [-0.05, 0) is 124 Å². The number of benzene rings is 5. The Morgan fingerprint density at radius 2 is 0.878 bits per heavy atom. The van der Waals surface area contributed by atoms with E-state index in [-0.39, 0.29) is 5.41 Å². The molecule has 0 amide bonds. The fourth-order valence-electron chi connectivity index (χ4n) is 7.29. The van der Waals surface area contributed by atoms with Gasteiger partial charge >= 0.3 is 0 Å². The maximum Gasteiger partial charge on any atom is 0.122 e. The summed E-state index contributed by atoms with van der Waals surface area (Å²) in [7, 11) is 0. The van der Waals surface area contributed by atoms with Gasteiger partial charge in [-0.1, -0.05) is 163 Å². The molecule has 0 fully saturated rings. The summed E-state index contributed by atoms with van der Waals surface area (Å²) in [5.41, 5.74) is 14.4. The molecular weight excluding hydrogens is 593 g/mol. The molecule has 0 spiro atoms. The van der Waals surface area contributed by atoms with Gasteiger partial charge in [0.15, 0.2) is 0 Å². The Hall–Kier alpha value is -4.10. The summed E-state index contributed by atoms with van der Waals surface area (Å²) in [6.45, 7) is 18.0. The van der Waals surface area contributed by atoms with Gasteiger partial charge in [-0.2, -0.15) is 0 Å². The molecule has 0 heterocycles. The van der Waals surface area contributed by atoms with Crippen LogP contribution in [0.5, 0.6) is 5.75 Å². The Labute approximate surface area is 297 Å². The number of aromatic hydroxyl groups is 1. The second-order valence-electron chi connectivity index (χ2n) is 16.9. The van der Waals surface area contributed by atoms with Gasteiger partial charge < -0.3 is 5.11 Å². The van der Waals surface area contributed by atoms with Crippen LogP contribution in [0.15, 0.2) is 109 Å². The maximum absolute atomic E-state index is 10.9. The number of phenolic OH excluding ortho intramolecular Hbond substituents is 1. The van der Waals surface area contributed by atoms with E-state index in [9.17, 15) is 5.11 Å². The van der Waals surface area contributed by atoms with Crippen molar-refractivity contribution in [3.05, 3.63) is 170 Å². The predicted molar refractivity (Wildman–Crippen MR) is 210 cm³/mol. The van der Waals surface area contributed by atoms with E-state index in [0.29, 0.717) is 17.1 Å². The van der Waals surface area contributed by atoms with Gasteiger partial charge in [-0.15, -0.1) is 0 Å². The predicted octanol–water partition coefficient (Wildman–Crippen LogP) is 12.2. The summed E-state index contributed by atoms with van der Waals surface area (Å²) in [6.07, 6.45) is 7.02. The Morgan fingerprint density at radius 3 is 1.24 bits per heavy atom. The molecule has 1 atom stereocenters. The second kappa shape index (κ2) is 15.6. The van der Waals surface area contributed by atoms with Crippen molar-refractivity contribution in [1.82, 2.24) is 0 Å². The minimum absolute atomic E-state index is 0.0742. The lowest BCUT2D eigenvalue weighted by Crippen LogP contribution is -2.12. The lowest BCUT2D eigenvalue weighted by molar-refractivity contribution is 0.306. The zero-order valence-electron chi connectivity index (χ0n) is 31.4. The largest absolute Gasteiger partial charge is 0.507 e. The molecule has 5 aromatic carbocycles. The van der Waals surface area contributed by atoms with Crippen LogP contribution in [-0.4, -0.2) is 5.11 Å². The van der Waals surface area contributed by atoms with Crippen LogP contribution in [0.2, 0.25) is 0 Å². The number of hydrogen-bond donors (Lipinski definition) is 1. The van der Waals surface area contributed by atoms with Crippen LogP contribution in [0, 0.1) is 18.3 Å². The Kier molecular flexibility index (Phi) is 11.5. The molecule has 0 aliphatic carbocycles. The van der Waals surface area contributed by atoms with Gasteiger partial charge in [0.2, 0.25) is 0 Å². The summed E-state index contributed by atoms with van der Waals surface area (Å²) in [4.78, 5) is 0. The first-order chi connectivity index (χ1) is 23.2. The highest BCUT2D eigenvalue weighted by atomic mass is 16.3. The van der Waals surface area contributed by atoms with Crippen LogP contribution in [0.4, 0.5) is 0 Å². The molecule has 49 heavy (non-hydrogen) atoms. The second-order valence-corrected chi connectivity index (χ2v) is 16.9. The van der Waals surface area contributed by atoms with Gasteiger partial charge in [0.25, 0.3) is 0 Å². The Balaban J connectivity index is 1.09. The van der Waals surface area contributed by atoms with Gasteiger partial charge in [-0.3, -0.25) is 0 Å². The highest BCUT2D eigenvalue weighted by Crippen LogP contribution is 2.35. The summed E-state index contributed by atoms with van der Waals surface area (Å²) in [6, 6.07) is 40.8.